The van der Waals surface area contributed by atoms with Gasteiger partial charge in [-0.05, 0) is 43.0 Å². The van der Waals surface area contributed by atoms with Crippen molar-refractivity contribution in [1.82, 2.24) is 5.43 Å². The number of benzene rings is 2. The lowest BCUT2D eigenvalue weighted by Gasteiger charge is -2.36. The molecule has 0 aromatic heterocycles. The largest absolute Gasteiger partial charge is 0.440 e. The van der Waals surface area contributed by atoms with Crippen LogP contribution in [0.5, 0.6) is 5.75 Å². The van der Waals surface area contributed by atoms with Gasteiger partial charge in [0, 0.05) is 0 Å². The molecule has 1 saturated heterocycles. The van der Waals surface area contributed by atoms with Gasteiger partial charge in [-0.2, -0.15) is 4.99 Å². The van der Waals surface area contributed by atoms with Gasteiger partial charge in [0.15, 0.2) is 5.84 Å². The number of rotatable bonds is 3. The maximum Gasteiger partial charge on any atom is 0.440 e. The van der Waals surface area contributed by atoms with Crippen molar-refractivity contribution >= 4 is 29.2 Å². The number of hydrazine groups is 1. The monoisotopic (exact) mass is 385 g/mol. The highest BCUT2D eigenvalue weighted by Gasteiger charge is 2.46. The number of para-hydroxylation sites is 2. The molecule has 6 nitrogen and oxygen atoms in total. The van der Waals surface area contributed by atoms with Gasteiger partial charge in [0.2, 0.25) is 0 Å². The Balaban J connectivity index is 1.59. The van der Waals surface area contributed by atoms with Crippen molar-refractivity contribution in [2.75, 3.05) is 5.01 Å². The molecule has 1 aliphatic carbocycles. The zero-order valence-corrected chi connectivity index (χ0v) is 15.3. The van der Waals surface area contributed by atoms with E-state index in [2.05, 4.69) is 10.4 Å². The first-order chi connectivity index (χ1) is 13.1. The Hall–Kier alpha value is -2.41. The molecule has 2 fully saturated rings. The fourth-order valence-corrected chi connectivity index (χ4v) is 3.84. The summed E-state index contributed by atoms with van der Waals surface area (Å²) in [5.74, 6) is 1.05. The molecule has 0 spiro atoms. The molecule has 2 aliphatic rings. The fraction of sp³-hybridized carbons (Fsp3) is 0.300. The Kier molecular flexibility index (Phi) is 5.11. The standard InChI is InChI=1S/C20H20ClN3O3/c21-17-18(13-11-15(25)12-13)23-24(14-7-3-1-4-8-14)19(17)22-20(26)27-16-9-5-2-6-10-16/h1-10,13,15,17-18,23,25H,11-12H2. The first kappa shape index (κ1) is 18.0. The van der Waals surface area contributed by atoms with E-state index in [-0.39, 0.29) is 18.1 Å². The topological polar surface area (TPSA) is 74.2 Å². The zero-order valence-electron chi connectivity index (χ0n) is 14.5. The molecule has 1 amide bonds. The van der Waals surface area contributed by atoms with Crippen LogP contribution in [-0.2, 0) is 0 Å². The fourth-order valence-electron chi connectivity index (χ4n) is 3.43. The third-order valence-corrected chi connectivity index (χ3v) is 5.36. The number of nitrogens with one attached hydrogen (secondary N) is 1. The van der Waals surface area contributed by atoms with E-state index < -0.39 is 11.5 Å². The van der Waals surface area contributed by atoms with Gasteiger partial charge in [-0.25, -0.2) is 10.2 Å². The van der Waals surface area contributed by atoms with Crippen LogP contribution in [0.2, 0.25) is 0 Å². The molecule has 1 aliphatic heterocycles. The molecule has 2 unspecified atom stereocenters. The number of ether oxygens (including phenoxy) is 1. The average Bonchev–Trinajstić information content (AvgIpc) is 2.97. The second-order valence-electron chi connectivity index (χ2n) is 6.76. The number of aliphatic hydroxyl groups excluding tert-OH is 1. The van der Waals surface area contributed by atoms with Crippen molar-refractivity contribution in [2.24, 2.45) is 10.9 Å². The van der Waals surface area contributed by atoms with E-state index in [0.29, 0.717) is 24.4 Å². The van der Waals surface area contributed by atoms with E-state index in [0.717, 1.165) is 5.69 Å². The minimum absolute atomic E-state index is 0.112. The van der Waals surface area contributed by atoms with E-state index in [1.807, 2.05) is 36.4 Å². The van der Waals surface area contributed by atoms with E-state index in [9.17, 15) is 9.90 Å². The molecule has 0 bridgehead atoms. The van der Waals surface area contributed by atoms with Crippen LogP contribution in [-0.4, -0.2) is 34.6 Å². The van der Waals surface area contributed by atoms with Gasteiger partial charge in [0.05, 0.1) is 17.8 Å². The number of aliphatic hydroxyl groups is 1. The van der Waals surface area contributed by atoms with Gasteiger partial charge in [-0.3, -0.25) is 5.01 Å². The van der Waals surface area contributed by atoms with Gasteiger partial charge in [0.1, 0.15) is 11.1 Å². The van der Waals surface area contributed by atoms with Crippen molar-refractivity contribution in [3.8, 4) is 5.75 Å². The van der Waals surface area contributed by atoms with Crippen molar-refractivity contribution < 1.29 is 14.6 Å². The lowest BCUT2D eigenvalue weighted by atomic mass is 9.76. The summed E-state index contributed by atoms with van der Waals surface area (Å²) < 4.78 is 5.28. The summed E-state index contributed by atoms with van der Waals surface area (Å²) in [6, 6.07) is 18.2. The molecule has 0 radical (unpaired) electrons. The number of anilines is 1. The maximum absolute atomic E-state index is 12.3. The third kappa shape index (κ3) is 3.83. The number of hydrogen-bond donors (Lipinski definition) is 2. The van der Waals surface area contributed by atoms with Gasteiger partial charge in [0.25, 0.3) is 0 Å². The van der Waals surface area contributed by atoms with E-state index in [1.165, 1.54) is 0 Å². The number of amides is 1. The number of hydrogen-bond acceptors (Lipinski definition) is 4. The molecule has 2 atom stereocenters. The molecule has 2 N–H and O–H groups in total. The van der Waals surface area contributed by atoms with Crippen LogP contribution in [0.4, 0.5) is 10.5 Å². The van der Waals surface area contributed by atoms with Crippen molar-refractivity contribution in [1.29, 1.82) is 0 Å². The van der Waals surface area contributed by atoms with E-state index in [1.54, 1.807) is 29.3 Å². The van der Waals surface area contributed by atoms with Gasteiger partial charge >= 0.3 is 6.09 Å². The Morgan fingerprint density at radius 1 is 1.11 bits per heavy atom. The van der Waals surface area contributed by atoms with Crippen molar-refractivity contribution in [2.45, 2.75) is 30.4 Å². The number of halogens is 1. The van der Waals surface area contributed by atoms with Crippen LogP contribution in [0.25, 0.3) is 0 Å². The van der Waals surface area contributed by atoms with Gasteiger partial charge in [-0.1, -0.05) is 36.4 Å². The summed E-state index contributed by atoms with van der Waals surface area (Å²) in [6.45, 7) is 0. The smallest absolute Gasteiger partial charge is 0.409 e. The number of alkyl halides is 1. The second kappa shape index (κ2) is 7.68. The molecular formula is C20H20ClN3O3. The first-order valence-electron chi connectivity index (χ1n) is 8.91. The highest BCUT2D eigenvalue weighted by Crippen LogP contribution is 2.37. The predicted octanol–water partition coefficient (Wildman–Crippen LogP) is 3.36. The Bertz CT molecular complexity index is 825. The number of carbonyl (C=O) groups is 1. The number of amidine groups is 1. The summed E-state index contributed by atoms with van der Waals surface area (Å²) >= 11 is 6.67. The summed E-state index contributed by atoms with van der Waals surface area (Å²) in [5.41, 5.74) is 4.18. The van der Waals surface area contributed by atoms with Crippen molar-refractivity contribution in [3.63, 3.8) is 0 Å². The van der Waals surface area contributed by atoms with E-state index >= 15 is 0 Å². The zero-order chi connectivity index (χ0) is 18.8. The van der Waals surface area contributed by atoms with Crippen LogP contribution in [0.1, 0.15) is 12.8 Å². The van der Waals surface area contributed by atoms with Crippen LogP contribution < -0.4 is 15.2 Å². The summed E-state index contributed by atoms with van der Waals surface area (Å²) in [5, 5.41) is 10.9. The number of carbonyl (C=O) groups excluding carboxylic acids is 1. The summed E-state index contributed by atoms with van der Waals surface area (Å²) in [7, 11) is 0. The normalized spacial score (nSPS) is 28.8. The lowest BCUT2D eigenvalue weighted by molar-refractivity contribution is 0.0285. The van der Waals surface area contributed by atoms with Gasteiger partial charge < -0.3 is 9.84 Å². The summed E-state index contributed by atoms with van der Waals surface area (Å²) in [6.07, 6.45) is 0.366. The Labute approximate surface area is 162 Å². The van der Waals surface area contributed by atoms with Crippen LogP contribution in [0.3, 0.4) is 0 Å². The SMILES string of the molecule is O=C(N=C1C(Cl)C(C2CC(O)C2)NN1c1ccccc1)Oc1ccccc1. The number of nitrogens with zero attached hydrogens (tertiary/aromatic N) is 2. The lowest BCUT2D eigenvalue weighted by Crippen LogP contribution is -2.47. The van der Waals surface area contributed by atoms with Gasteiger partial charge in [-0.15, -0.1) is 11.6 Å². The highest BCUT2D eigenvalue weighted by molar-refractivity contribution is 6.36. The molecule has 1 heterocycles. The molecule has 2 aromatic rings. The highest BCUT2D eigenvalue weighted by atomic mass is 35.5. The molecule has 7 heteroatoms. The third-order valence-electron chi connectivity index (χ3n) is 4.90. The predicted molar refractivity (Wildman–Crippen MR) is 104 cm³/mol. The van der Waals surface area contributed by atoms with E-state index in [4.69, 9.17) is 16.3 Å². The quantitative estimate of drug-likeness (QED) is 0.792. The Morgan fingerprint density at radius 2 is 1.74 bits per heavy atom. The number of aliphatic imine (C=N–C) groups is 1. The van der Waals surface area contributed by atoms with Crippen LogP contribution in [0.15, 0.2) is 65.7 Å². The van der Waals surface area contributed by atoms with Crippen LogP contribution in [0, 0.1) is 5.92 Å². The molecule has 27 heavy (non-hydrogen) atoms. The van der Waals surface area contributed by atoms with Crippen molar-refractivity contribution in [3.05, 3.63) is 60.7 Å². The maximum atomic E-state index is 12.3. The second-order valence-corrected chi connectivity index (χ2v) is 7.23. The average molecular weight is 386 g/mol. The molecule has 1 saturated carbocycles. The van der Waals surface area contributed by atoms with Crippen LogP contribution >= 0.6 is 11.6 Å². The molecule has 140 valence electrons. The first-order valence-corrected chi connectivity index (χ1v) is 9.34. The Morgan fingerprint density at radius 3 is 2.37 bits per heavy atom. The molecule has 2 aromatic carbocycles. The minimum Gasteiger partial charge on any atom is -0.409 e. The molecule has 4 rings (SSSR count). The molecular weight excluding hydrogens is 366 g/mol. The minimum atomic E-state index is -0.723. The summed E-state index contributed by atoms with van der Waals surface area (Å²) in [4.78, 5) is 16.5.